The fraction of sp³-hybridized carbons (Fsp3) is 0.667. The average molecular weight is 448 g/mol. The quantitative estimate of drug-likeness (QED) is 0.327. The number of carbonyl (C=O) groups is 2. The lowest BCUT2D eigenvalue weighted by Gasteiger charge is -2.51. The Hall–Kier alpha value is -1.90. The van der Waals surface area contributed by atoms with E-state index in [1.54, 1.807) is 11.1 Å². The van der Waals surface area contributed by atoms with Crippen molar-refractivity contribution < 1.29 is 9.59 Å². The van der Waals surface area contributed by atoms with Gasteiger partial charge in [-0.25, -0.2) is 0 Å². The van der Waals surface area contributed by atoms with Crippen LogP contribution in [0, 0.1) is 30.1 Å². The number of unbranched alkanes of at least 4 members (excludes halogenated alkanes) is 4. The second-order valence-electron chi connectivity index (χ2n) is 11.7. The maximum absolute atomic E-state index is 11.6. The summed E-state index contributed by atoms with van der Waals surface area (Å²) in [4.78, 5) is 24.6. The molecule has 1 aromatic rings. The highest BCUT2D eigenvalue weighted by Gasteiger charge is 2.54. The predicted octanol–water partition coefficient (Wildman–Crippen LogP) is 6.73. The first-order chi connectivity index (χ1) is 16.0. The summed E-state index contributed by atoms with van der Waals surface area (Å²) in [6.07, 6.45) is 18.5. The molecule has 2 saturated carbocycles. The van der Waals surface area contributed by atoms with Crippen LogP contribution in [0.3, 0.4) is 0 Å². The minimum atomic E-state index is -0.143. The van der Waals surface area contributed by atoms with E-state index in [1.807, 2.05) is 0 Å². The van der Waals surface area contributed by atoms with Crippen molar-refractivity contribution in [2.24, 2.45) is 23.2 Å². The number of nitrogens with zero attached hydrogens (tertiary/aromatic N) is 1. The third-order valence-electron chi connectivity index (χ3n) is 9.91. The van der Waals surface area contributed by atoms with Gasteiger partial charge in [-0.3, -0.25) is 14.5 Å². The van der Waals surface area contributed by atoms with Crippen molar-refractivity contribution in [1.82, 2.24) is 4.90 Å². The summed E-state index contributed by atoms with van der Waals surface area (Å²) in [5.74, 6) is 3.28. The molecule has 5 rings (SSSR count). The van der Waals surface area contributed by atoms with E-state index in [2.05, 4.69) is 32.0 Å². The molecule has 0 radical (unpaired) electrons. The number of hydrogen-bond donors (Lipinski definition) is 0. The Kier molecular flexibility index (Phi) is 6.51. The molecule has 0 N–H and O–H groups in total. The van der Waals surface area contributed by atoms with E-state index in [0.29, 0.717) is 12.0 Å². The first kappa shape index (κ1) is 22.9. The normalized spacial score (nSPS) is 32.7. The van der Waals surface area contributed by atoms with Gasteiger partial charge in [-0.2, -0.15) is 0 Å². The molecule has 3 nitrogen and oxygen atoms in total. The fourth-order valence-electron chi connectivity index (χ4n) is 8.14. The van der Waals surface area contributed by atoms with E-state index in [1.165, 1.54) is 86.8 Å². The Morgan fingerprint density at radius 2 is 1.70 bits per heavy atom. The molecule has 5 atom stereocenters. The minimum absolute atomic E-state index is 0.143. The van der Waals surface area contributed by atoms with Crippen LogP contribution in [0.4, 0.5) is 0 Å². The average Bonchev–Trinajstić information content (AvgIpc) is 3.31. The van der Waals surface area contributed by atoms with Gasteiger partial charge in [0.2, 0.25) is 0 Å². The van der Waals surface area contributed by atoms with Gasteiger partial charge in [0.1, 0.15) is 0 Å². The smallest absolute Gasteiger partial charge is 0.253 e. The van der Waals surface area contributed by atoms with Gasteiger partial charge in [0.25, 0.3) is 11.8 Å². The fourth-order valence-corrected chi connectivity index (χ4v) is 8.14. The number of aryl methyl sites for hydroxylation is 2. The summed E-state index contributed by atoms with van der Waals surface area (Å²) in [7, 11) is 0. The van der Waals surface area contributed by atoms with Crippen LogP contribution >= 0.6 is 0 Å². The standard InChI is InChI=1S/C30H41NO2/c1-21-9-12-24-22(20-21)10-13-26-25(24)17-18-30(2)23(11-14-27(26)30)8-6-4-3-5-7-19-31-28(32)15-16-29(31)33/h9,12,15-16,20,23,25-27H,3-8,10-11,13-14,17-19H2,1-2H3/t23-,25+,26+,27?,30+/m0/s1. The lowest BCUT2D eigenvalue weighted by Crippen LogP contribution is -2.42. The van der Waals surface area contributed by atoms with Gasteiger partial charge in [0.15, 0.2) is 0 Å². The van der Waals surface area contributed by atoms with Gasteiger partial charge in [0.05, 0.1) is 0 Å². The Labute approximate surface area is 200 Å². The number of carbonyl (C=O) groups excluding carboxylic acids is 2. The molecule has 4 aliphatic rings. The number of rotatable bonds is 8. The van der Waals surface area contributed by atoms with Crippen LogP contribution in [0.15, 0.2) is 30.4 Å². The van der Waals surface area contributed by atoms with Gasteiger partial charge in [-0.15, -0.1) is 0 Å². The molecule has 0 spiro atoms. The van der Waals surface area contributed by atoms with Crippen LogP contribution in [0.25, 0.3) is 0 Å². The zero-order valence-electron chi connectivity index (χ0n) is 20.7. The molecule has 178 valence electrons. The summed E-state index contributed by atoms with van der Waals surface area (Å²) in [6.45, 7) is 5.46. The number of imide groups is 1. The first-order valence-corrected chi connectivity index (χ1v) is 13.6. The number of amides is 2. The summed E-state index contributed by atoms with van der Waals surface area (Å²) in [6, 6.07) is 7.25. The second kappa shape index (κ2) is 9.39. The maximum Gasteiger partial charge on any atom is 0.253 e. The van der Waals surface area contributed by atoms with Crippen LogP contribution in [0.2, 0.25) is 0 Å². The molecular formula is C30H41NO2. The van der Waals surface area contributed by atoms with E-state index < -0.39 is 0 Å². The second-order valence-corrected chi connectivity index (χ2v) is 11.7. The van der Waals surface area contributed by atoms with Crippen molar-refractivity contribution in [3.05, 3.63) is 47.0 Å². The van der Waals surface area contributed by atoms with E-state index >= 15 is 0 Å². The third-order valence-corrected chi connectivity index (χ3v) is 9.91. The van der Waals surface area contributed by atoms with Crippen molar-refractivity contribution in [1.29, 1.82) is 0 Å². The zero-order chi connectivity index (χ0) is 23.0. The highest BCUT2D eigenvalue weighted by atomic mass is 16.2. The Morgan fingerprint density at radius 3 is 2.52 bits per heavy atom. The van der Waals surface area contributed by atoms with Gasteiger partial charge >= 0.3 is 0 Å². The molecule has 0 bridgehead atoms. The van der Waals surface area contributed by atoms with Crippen molar-refractivity contribution in [3.8, 4) is 0 Å². The molecule has 3 heteroatoms. The van der Waals surface area contributed by atoms with Crippen LogP contribution in [-0.2, 0) is 16.0 Å². The van der Waals surface area contributed by atoms with Crippen LogP contribution in [-0.4, -0.2) is 23.3 Å². The lowest BCUT2D eigenvalue weighted by atomic mass is 9.54. The molecule has 1 aliphatic heterocycles. The van der Waals surface area contributed by atoms with Crippen LogP contribution < -0.4 is 0 Å². The molecule has 2 amide bonds. The highest BCUT2D eigenvalue weighted by molar-refractivity contribution is 6.12. The highest BCUT2D eigenvalue weighted by Crippen LogP contribution is 2.63. The number of fused-ring (bicyclic) bond motifs is 5. The van der Waals surface area contributed by atoms with Crippen molar-refractivity contribution >= 4 is 11.8 Å². The van der Waals surface area contributed by atoms with E-state index in [9.17, 15) is 9.59 Å². The van der Waals surface area contributed by atoms with E-state index in [4.69, 9.17) is 0 Å². The molecule has 1 heterocycles. The van der Waals surface area contributed by atoms with E-state index in [-0.39, 0.29) is 11.8 Å². The Balaban J connectivity index is 1.08. The van der Waals surface area contributed by atoms with Gasteiger partial charge in [-0.1, -0.05) is 56.4 Å². The molecule has 0 aromatic heterocycles. The Morgan fingerprint density at radius 1 is 0.939 bits per heavy atom. The van der Waals surface area contributed by atoms with Crippen LogP contribution in [0.5, 0.6) is 0 Å². The van der Waals surface area contributed by atoms with Crippen molar-refractivity contribution in [2.75, 3.05) is 6.54 Å². The van der Waals surface area contributed by atoms with Gasteiger partial charge < -0.3 is 0 Å². The molecule has 3 aliphatic carbocycles. The van der Waals surface area contributed by atoms with Gasteiger partial charge in [-0.05, 0) is 98.5 Å². The topological polar surface area (TPSA) is 37.4 Å². The summed E-state index contributed by atoms with van der Waals surface area (Å²) < 4.78 is 0. The SMILES string of the molecule is Cc1ccc2c(c1)CC[C@H]1C3CC[C@H](CCCCCCCN4C(=O)C=CC4=O)[C@@]3(C)CC[C@H]21. The Bertz CT molecular complexity index is 915. The third kappa shape index (κ3) is 4.33. The van der Waals surface area contributed by atoms with Gasteiger partial charge in [0, 0.05) is 18.7 Å². The maximum atomic E-state index is 11.6. The molecule has 2 fully saturated rings. The first-order valence-electron chi connectivity index (χ1n) is 13.6. The number of benzene rings is 1. The molecule has 1 unspecified atom stereocenters. The summed E-state index contributed by atoms with van der Waals surface area (Å²) >= 11 is 0. The summed E-state index contributed by atoms with van der Waals surface area (Å²) in [5, 5.41) is 0. The zero-order valence-corrected chi connectivity index (χ0v) is 20.7. The van der Waals surface area contributed by atoms with Crippen molar-refractivity contribution in [3.63, 3.8) is 0 Å². The lowest BCUT2D eigenvalue weighted by molar-refractivity contribution is -0.136. The van der Waals surface area contributed by atoms with Crippen LogP contribution in [0.1, 0.15) is 100 Å². The minimum Gasteiger partial charge on any atom is -0.275 e. The van der Waals surface area contributed by atoms with E-state index in [0.717, 1.165) is 36.5 Å². The molecule has 0 saturated heterocycles. The number of hydrogen-bond acceptors (Lipinski definition) is 2. The monoisotopic (exact) mass is 447 g/mol. The van der Waals surface area contributed by atoms with Crippen molar-refractivity contribution in [2.45, 2.75) is 96.8 Å². The molecule has 33 heavy (non-hydrogen) atoms. The molecule has 1 aromatic carbocycles. The molecular weight excluding hydrogens is 406 g/mol. The summed E-state index contributed by atoms with van der Waals surface area (Å²) in [5.41, 5.74) is 5.32. The largest absolute Gasteiger partial charge is 0.275 e. The predicted molar refractivity (Wildman–Crippen MR) is 133 cm³/mol.